The van der Waals surface area contributed by atoms with Gasteiger partial charge in [0, 0.05) is 20.1 Å². The van der Waals surface area contributed by atoms with Gasteiger partial charge in [-0.2, -0.15) is 9.57 Å². The number of nitriles is 1. The third-order valence-corrected chi connectivity index (χ3v) is 7.04. The van der Waals surface area contributed by atoms with Crippen molar-refractivity contribution in [3.63, 3.8) is 0 Å². The lowest BCUT2D eigenvalue weighted by Crippen LogP contribution is -2.35. The van der Waals surface area contributed by atoms with Gasteiger partial charge in [-0.05, 0) is 55.7 Å². The number of nitrogens with one attached hydrogen (secondary N) is 1. The van der Waals surface area contributed by atoms with E-state index in [0.717, 1.165) is 22.7 Å². The van der Waals surface area contributed by atoms with Gasteiger partial charge in [0.25, 0.3) is 5.91 Å². The zero-order valence-corrected chi connectivity index (χ0v) is 18.3. The number of hydrogen-bond acceptors (Lipinski definition) is 5. The van der Waals surface area contributed by atoms with E-state index in [1.807, 2.05) is 6.07 Å². The maximum absolute atomic E-state index is 12.9. The van der Waals surface area contributed by atoms with Gasteiger partial charge in [-0.3, -0.25) is 9.59 Å². The Kier molecular flexibility index (Phi) is 6.73. The van der Waals surface area contributed by atoms with Crippen molar-refractivity contribution < 1.29 is 18.0 Å². The smallest absolute Gasteiger partial charge is 0.255 e. The molecule has 1 fully saturated rings. The molecule has 1 aliphatic heterocycles. The first kappa shape index (κ1) is 22.5. The Balaban J connectivity index is 1.76. The molecular formula is C22H24N4O4S. The van der Waals surface area contributed by atoms with Crippen molar-refractivity contribution in [1.82, 2.24) is 9.21 Å². The summed E-state index contributed by atoms with van der Waals surface area (Å²) in [7, 11) is -2.61. The van der Waals surface area contributed by atoms with E-state index >= 15 is 0 Å². The van der Waals surface area contributed by atoms with Crippen LogP contribution in [0.2, 0.25) is 0 Å². The topological polar surface area (TPSA) is 111 Å². The number of sulfonamides is 1. The molecule has 162 valence electrons. The van der Waals surface area contributed by atoms with Crippen LogP contribution in [0, 0.1) is 18.3 Å². The predicted molar refractivity (Wildman–Crippen MR) is 116 cm³/mol. The molecule has 2 aromatic rings. The minimum absolute atomic E-state index is 0.0115. The van der Waals surface area contributed by atoms with Crippen molar-refractivity contribution in [2.45, 2.75) is 24.7 Å². The summed E-state index contributed by atoms with van der Waals surface area (Å²) in [5.41, 5.74) is 1.85. The number of benzene rings is 2. The maximum atomic E-state index is 12.9. The highest BCUT2D eigenvalue weighted by Gasteiger charge is 2.26. The Morgan fingerprint density at radius 2 is 1.77 bits per heavy atom. The molecule has 2 aromatic carbocycles. The van der Waals surface area contributed by atoms with E-state index in [-0.39, 0.29) is 10.8 Å². The number of anilines is 1. The number of amides is 2. The van der Waals surface area contributed by atoms with Crippen molar-refractivity contribution in [2.75, 3.05) is 32.0 Å². The van der Waals surface area contributed by atoms with E-state index in [9.17, 15) is 18.0 Å². The maximum Gasteiger partial charge on any atom is 0.255 e. The van der Waals surface area contributed by atoms with Gasteiger partial charge in [0.05, 0.1) is 34.3 Å². The summed E-state index contributed by atoms with van der Waals surface area (Å²) < 4.78 is 26.4. The van der Waals surface area contributed by atoms with E-state index in [2.05, 4.69) is 5.32 Å². The summed E-state index contributed by atoms with van der Waals surface area (Å²) in [6, 6.07) is 12.6. The number of para-hydroxylation sites is 1. The van der Waals surface area contributed by atoms with E-state index in [1.54, 1.807) is 30.0 Å². The van der Waals surface area contributed by atoms with Gasteiger partial charge in [-0.25, -0.2) is 8.42 Å². The van der Waals surface area contributed by atoms with Crippen molar-refractivity contribution in [3.8, 4) is 6.07 Å². The highest BCUT2D eigenvalue weighted by molar-refractivity contribution is 7.89. The lowest BCUT2D eigenvalue weighted by molar-refractivity contribution is -0.116. The lowest BCUT2D eigenvalue weighted by atomic mass is 10.1. The van der Waals surface area contributed by atoms with Crippen molar-refractivity contribution in [3.05, 3.63) is 59.2 Å². The Labute approximate surface area is 182 Å². The first-order valence-electron chi connectivity index (χ1n) is 9.89. The monoisotopic (exact) mass is 440 g/mol. The van der Waals surface area contributed by atoms with Gasteiger partial charge in [0.1, 0.15) is 0 Å². The molecule has 9 heteroatoms. The van der Waals surface area contributed by atoms with Crippen molar-refractivity contribution in [1.29, 1.82) is 5.26 Å². The number of likely N-dealkylation sites (N-methyl/N-ethyl adjacent to an activating group) is 1. The minimum Gasteiger partial charge on any atom is -0.339 e. The Hall–Kier alpha value is -3.22. The van der Waals surface area contributed by atoms with Crippen LogP contribution in [-0.4, -0.2) is 56.1 Å². The zero-order valence-electron chi connectivity index (χ0n) is 17.5. The number of carbonyl (C=O) groups excluding carboxylic acids is 2. The molecule has 3 rings (SSSR count). The second kappa shape index (κ2) is 9.29. The predicted octanol–water partition coefficient (Wildman–Crippen LogP) is 2.36. The van der Waals surface area contributed by atoms with Crippen LogP contribution in [0.5, 0.6) is 0 Å². The van der Waals surface area contributed by atoms with Gasteiger partial charge in [0.2, 0.25) is 15.9 Å². The molecule has 0 aliphatic carbocycles. The molecule has 1 saturated heterocycles. The SMILES string of the molecule is Cc1cccc(C(=O)N2CCCC2)c1NC(=O)CN(C)S(=O)(=O)c1ccc(C#N)cc1. The second-order valence-electron chi connectivity index (χ2n) is 7.44. The molecule has 1 heterocycles. The molecule has 0 unspecified atom stereocenters. The first-order chi connectivity index (χ1) is 14.7. The van der Waals surface area contributed by atoms with Gasteiger partial charge < -0.3 is 10.2 Å². The second-order valence-corrected chi connectivity index (χ2v) is 9.49. The lowest BCUT2D eigenvalue weighted by Gasteiger charge is -2.21. The number of likely N-dealkylation sites (tertiary alicyclic amines) is 1. The molecule has 2 amide bonds. The number of nitrogens with zero attached hydrogens (tertiary/aromatic N) is 3. The number of rotatable bonds is 6. The van der Waals surface area contributed by atoms with E-state index in [0.29, 0.717) is 29.9 Å². The number of carbonyl (C=O) groups is 2. The average Bonchev–Trinajstić information content (AvgIpc) is 3.29. The summed E-state index contributed by atoms with van der Waals surface area (Å²) in [4.78, 5) is 27.3. The Morgan fingerprint density at radius 3 is 2.39 bits per heavy atom. The third-order valence-electron chi connectivity index (χ3n) is 5.22. The van der Waals surface area contributed by atoms with Crippen LogP contribution >= 0.6 is 0 Å². The van der Waals surface area contributed by atoms with Crippen molar-refractivity contribution >= 4 is 27.5 Å². The molecule has 0 aromatic heterocycles. The van der Waals surface area contributed by atoms with E-state index in [1.165, 1.54) is 31.3 Å². The average molecular weight is 441 g/mol. The van der Waals surface area contributed by atoms with E-state index in [4.69, 9.17) is 5.26 Å². The molecule has 0 saturated carbocycles. The summed E-state index contributed by atoms with van der Waals surface area (Å²) in [6.07, 6.45) is 1.91. The summed E-state index contributed by atoms with van der Waals surface area (Å²) in [5, 5.41) is 11.6. The zero-order chi connectivity index (χ0) is 22.6. The molecule has 1 aliphatic rings. The molecular weight excluding hydrogens is 416 g/mol. The van der Waals surface area contributed by atoms with Crippen LogP contribution in [0.1, 0.15) is 34.3 Å². The summed E-state index contributed by atoms with van der Waals surface area (Å²) in [6.45, 7) is 2.74. The van der Waals surface area contributed by atoms with E-state index < -0.39 is 22.5 Å². The fraction of sp³-hybridized carbons (Fsp3) is 0.318. The highest BCUT2D eigenvalue weighted by Crippen LogP contribution is 2.24. The van der Waals surface area contributed by atoms with Crippen LogP contribution in [0.15, 0.2) is 47.4 Å². The fourth-order valence-corrected chi connectivity index (χ4v) is 4.58. The number of aryl methyl sites for hydroxylation is 1. The van der Waals surface area contributed by atoms with Gasteiger partial charge in [-0.1, -0.05) is 12.1 Å². The fourth-order valence-electron chi connectivity index (χ4n) is 3.45. The minimum atomic E-state index is -3.91. The standard InChI is InChI=1S/C22H24N4O4S/c1-16-6-5-7-19(22(28)26-12-3-4-13-26)21(16)24-20(27)15-25(2)31(29,30)18-10-8-17(14-23)9-11-18/h5-11H,3-4,12-13,15H2,1-2H3,(H,24,27). The van der Waals surface area contributed by atoms with Crippen LogP contribution in [-0.2, 0) is 14.8 Å². The summed E-state index contributed by atoms with van der Waals surface area (Å²) in [5.74, 6) is -0.695. The molecule has 0 radical (unpaired) electrons. The van der Waals surface area contributed by atoms with Crippen LogP contribution in [0.3, 0.4) is 0 Å². The molecule has 0 spiro atoms. The molecule has 8 nitrogen and oxygen atoms in total. The van der Waals surface area contributed by atoms with Crippen LogP contribution in [0.25, 0.3) is 0 Å². The van der Waals surface area contributed by atoms with Crippen LogP contribution in [0.4, 0.5) is 5.69 Å². The Morgan fingerprint density at radius 1 is 1.13 bits per heavy atom. The summed E-state index contributed by atoms with van der Waals surface area (Å²) >= 11 is 0. The van der Waals surface area contributed by atoms with Crippen molar-refractivity contribution in [2.24, 2.45) is 0 Å². The van der Waals surface area contributed by atoms with Gasteiger partial charge >= 0.3 is 0 Å². The first-order valence-corrected chi connectivity index (χ1v) is 11.3. The number of hydrogen-bond donors (Lipinski definition) is 1. The van der Waals surface area contributed by atoms with Gasteiger partial charge in [-0.15, -0.1) is 0 Å². The largest absolute Gasteiger partial charge is 0.339 e. The highest BCUT2D eigenvalue weighted by atomic mass is 32.2. The van der Waals surface area contributed by atoms with Gasteiger partial charge in [0.15, 0.2) is 0 Å². The molecule has 0 bridgehead atoms. The third kappa shape index (κ3) is 4.93. The normalized spacial score (nSPS) is 13.8. The quantitative estimate of drug-likeness (QED) is 0.741. The molecule has 1 N–H and O–H groups in total. The van der Waals surface area contributed by atoms with Crippen LogP contribution < -0.4 is 5.32 Å². The Bertz CT molecular complexity index is 1130. The molecule has 0 atom stereocenters. The molecule has 31 heavy (non-hydrogen) atoms.